The first-order valence-electron chi connectivity index (χ1n) is 9.92. The van der Waals surface area contributed by atoms with Crippen molar-refractivity contribution < 1.29 is 9.37 Å². The fourth-order valence-electron chi connectivity index (χ4n) is 3.68. The van der Waals surface area contributed by atoms with E-state index < -0.39 is 0 Å². The monoisotopic (exact) mass is 340 g/mol. The minimum absolute atomic E-state index is 0.238. The standard InChI is InChI=1S/C23H34NO/c1-4-8-19-14-16-22(17-15-19)23(25)21-12-5-9-20(10-6-13-21)11-7-18-24(2)3/h12,14-18,20H,4-11,13H2,1-3H3/q+1. The van der Waals surface area contributed by atoms with Gasteiger partial charge in [-0.25, -0.2) is 4.58 Å². The maximum absolute atomic E-state index is 12.8. The molecule has 0 aliphatic heterocycles. The molecule has 0 fully saturated rings. The summed E-state index contributed by atoms with van der Waals surface area (Å²) in [5, 5.41) is 0. The van der Waals surface area contributed by atoms with Gasteiger partial charge in [-0.3, -0.25) is 4.79 Å². The number of carbonyl (C=O) groups excluding carboxylic acids is 1. The zero-order chi connectivity index (χ0) is 18.1. The molecule has 1 aromatic rings. The summed E-state index contributed by atoms with van der Waals surface area (Å²) >= 11 is 0. The number of benzene rings is 1. The maximum Gasteiger partial charge on any atom is 0.188 e. The average Bonchev–Trinajstić information content (AvgIpc) is 2.57. The molecule has 2 nitrogen and oxygen atoms in total. The highest BCUT2D eigenvalue weighted by molar-refractivity contribution is 6.08. The van der Waals surface area contributed by atoms with Gasteiger partial charge in [0.05, 0.1) is 0 Å². The Bertz CT molecular complexity index is 605. The molecule has 1 unspecified atom stereocenters. The second kappa shape index (κ2) is 10.3. The van der Waals surface area contributed by atoms with Gasteiger partial charge in [0.25, 0.3) is 0 Å². The van der Waals surface area contributed by atoms with Crippen LogP contribution in [0.4, 0.5) is 0 Å². The lowest BCUT2D eigenvalue weighted by Crippen LogP contribution is -2.09. The zero-order valence-corrected chi connectivity index (χ0v) is 16.3. The van der Waals surface area contributed by atoms with Crippen molar-refractivity contribution >= 4 is 12.0 Å². The molecule has 0 heterocycles. The van der Waals surface area contributed by atoms with Crippen molar-refractivity contribution in [3.8, 4) is 0 Å². The molecule has 0 saturated carbocycles. The van der Waals surface area contributed by atoms with Crippen LogP contribution in [0, 0.1) is 5.92 Å². The van der Waals surface area contributed by atoms with Crippen molar-refractivity contribution in [2.75, 3.05) is 14.1 Å². The van der Waals surface area contributed by atoms with Crippen molar-refractivity contribution in [1.29, 1.82) is 0 Å². The fraction of sp³-hybridized carbons (Fsp3) is 0.565. The fourth-order valence-corrected chi connectivity index (χ4v) is 3.68. The lowest BCUT2D eigenvalue weighted by Gasteiger charge is -2.18. The van der Waals surface area contributed by atoms with Crippen molar-refractivity contribution in [2.24, 2.45) is 5.92 Å². The van der Waals surface area contributed by atoms with Gasteiger partial charge in [0.15, 0.2) is 5.78 Å². The van der Waals surface area contributed by atoms with Gasteiger partial charge in [0.2, 0.25) is 0 Å². The number of hydrogen-bond donors (Lipinski definition) is 0. The summed E-state index contributed by atoms with van der Waals surface area (Å²) in [6.45, 7) is 2.18. The molecule has 0 radical (unpaired) electrons. The molecule has 1 aromatic carbocycles. The molecule has 25 heavy (non-hydrogen) atoms. The number of carbonyl (C=O) groups is 1. The number of ketones is 1. The molecular formula is C23H34NO+. The molecule has 1 aliphatic carbocycles. The number of hydrogen-bond acceptors (Lipinski definition) is 1. The van der Waals surface area contributed by atoms with E-state index >= 15 is 0 Å². The van der Waals surface area contributed by atoms with Crippen molar-refractivity contribution in [2.45, 2.75) is 64.7 Å². The Labute approximate surface area is 153 Å². The molecule has 0 bridgehead atoms. The largest absolute Gasteiger partial charge is 0.289 e. The molecule has 0 aromatic heterocycles. The molecular weight excluding hydrogens is 306 g/mol. The zero-order valence-electron chi connectivity index (χ0n) is 16.3. The van der Waals surface area contributed by atoms with Gasteiger partial charge in [-0.15, -0.1) is 0 Å². The van der Waals surface area contributed by atoms with E-state index in [-0.39, 0.29) is 5.78 Å². The summed E-state index contributed by atoms with van der Waals surface area (Å²) in [6.07, 6.45) is 14.7. The number of Topliss-reactive ketones (excluding diaryl/α,β-unsaturated/α-hetero) is 1. The minimum Gasteiger partial charge on any atom is -0.289 e. The summed E-state index contributed by atoms with van der Waals surface area (Å²) in [4.78, 5) is 12.8. The molecule has 1 aliphatic rings. The van der Waals surface area contributed by atoms with Crippen LogP contribution in [0.2, 0.25) is 0 Å². The number of nitrogens with zero attached hydrogens (tertiary/aromatic N) is 1. The maximum atomic E-state index is 12.8. The second-order valence-electron chi connectivity index (χ2n) is 7.56. The van der Waals surface area contributed by atoms with Crippen molar-refractivity contribution in [3.63, 3.8) is 0 Å². The molecule has 136 valence electrons. The number of aryl methyl sites for hydroxylation is 1. The van der Waals surface area contributed by atoms with E-state index in [1.807, 2.05) is 12.1 Å². The van der Waals surface area contributed by atoms with Gasteiger partial charge >= 0.3 is 0 Å². The first kappa shape index (κ1) is 19.6. The Hall–Kier alpha value is -1.70. The average molecular weight is 341 g/mol. The van der Waals surface area contributed by atoms with Gasteiger partial charge in [0.1, 0.15) is 20.3 Å². The van der Waals surface area contributed by atoms with E-state index in [1.165, 1.54) is 24.8 Å². The quantitative estimate of drug-likeness (QED) is 0.367. The summed E-state index contributed by atoms with van der Waals surface area (Å²) in [6, 6.07) is 8.23. The van der Waals surface area contributed by atoms with Crippen LogP contribution >= 0.6 is 0 Å². The van der Waals surface area contributed by atoms with Crippen LogP contribution in [0.15, 0.2) is 35.9 Å². The van der Waals surface area contributed by atoms with Crippen LogP contribution in [0.3, 0.4) is 0 Å². The third-order valence-electron chi connectivity index (χ3n) is 5.14. The van der Waals surface area contributed by atoms with E-state index in [2.05, 4.69) is 50.0 Å². The molecule has 0 N–H and O–H groups in total. The van der Waals surface area contributed by atoms with Crippen LogP contribution in [-0.4, -0.2) is 30.7 Å². The predicted octanol–water partition coefficient (Wildman–Crippen LogP) is 5.45. The highest BCUT2D eigenvalue weighted by atomic mass is 16.1. The number of rotatable bonds is 7. The lowest BCUT2D eigenvalue weighted by molar-refractivity contribution is -0.460. The van der Waals surface area contributed by atoms with E-state index in [0.717, 1.165) is 55.6 Å². The highest BCUT2D eigenvalue weighted by Crippen LogP contribution is 2.27. The highest BCUT2D eigenvalue weighted by Gasteiger charge is 2.16. The van der Waals surface area contributed by atoms with Crippen molar-refractivity contribution in [3.05, 3.63) is 47.0 Å². The second-order valence-corrected chi connectivity index (χ2v) is 7.56. The summed E-state index contributed by atoms with van der Waals surface area (Å²) < 4.78 is 2.14. The van der Waals surface area contributed by atoms with Gasteiger partial charge in [-0.2, -0.15) is 0 Å². The smallest absolute Gasteiger partial charge is 0.188 e. The first-order valence-corrected chi connectivity index (χ1v) is 9.92. The van der Waals surface area contributed by atoms with Crippen molar-refractivity contribution in [1.82, 2.24) is 0 Å². The van der Waals surface area contributed by atoms with Gasteiger partial charge in [0, 0.05) is 12.0 Å². The molecule has 1 atom stereocenters. The Balaban J connectivity index is 1.92. The Morgan fingerprint density at radius 1 is 1.20 bits per heavy atom. The third kappa shape index (κ3) is 6.61. The minimum atomic E-state index is 0.238. The first-order chi connectivity index (χ1) is 12.1. The Morgan fingerprint density at radius 2 is 1.96 bits per heavy atom. The van der Waals surface area contributed by atoms with E-state index in [4.69, 9.17) is 0 Å². The topological polar surface area (TPSA) is 20.1 Å². The SMILES string of the molecule is CCCc1ccc(C(=O)C2=CCCC(CCC=[N+](C)C)CCC2)cc1. The molecule has 2 heteroatoms. The predicted molar refractivity (Wildman–Crippen MR) is 107 cm³/mol. The Kier molecular flexibility index (Phi) is 8.11. The number of allylic oxidation sites excluding steroid dienone is 2. The molecule has 0 spiro atoms. The van der Waals surface area contributed by atoms with Gasteiger partial charge < -0.3 is 0 Å². The van der Waals surface area contributed by atoms with Crippen LogP contribution in [-0.2, 0) is 6.42 Å². The van der Waals surface area contributed by atoms with Gasteiger partial charge in [-0.1, -0.05) is 50.1 Å². The summed E-state index contributed by atoms with van der Waals surface area (Å²) in [5.74, 6) is 1.04. The van der Waals surface area contributed by atoms with Crippen LogP contribution in [0.1, 0.15) is 74.2 Å². The molecule has 0 saturated heterocycles. The van der Waals surface area contributed by atoms with Gasteiger partial charge in [-0.05, 0) is 55.6 Å². The van der Waals surface area contributed by atoms with Crippen LogP contribution in [0.5, 0.6) is 0 Å². The summed E-state index contributed by atoms with van der Waals surface area (Å²) in [5.41, 5.74) is 3.20. The van der Waals surface area contributed by atoms with E-state index in [9.17, 15) is 4.79 Å². The van der Waals surface area contributed by atoms with E-state index in [0.29, 0.717) is 0 Å². The third-order valence-corrected chi connectivity index (χ3v) is 5.14. The van der Waals surface area contributed by atoms with Crippen LogP contribution < -0.4 is 0 Å². The summed E-state index contributed by atoms with van der Waals surface area (Å²) in [7, 11) is 4.18. The molecule has 0 amide bonds. The lowest BCUT2D eigenvalue weighted by atomic mass is 9.86. The Morgan fingerprint density at radius 3 is 2.64 bits per heavy atom. The van der Waals surface area contributed by atoms with Crippen LogP contribution in [0.25, 0.3) is 0 Å². The molecule has 2 rings (SSSR count). The normalized spacial score (nSPS) is 18.0. The van der Waals surface area contributed by atoms with E-state index in [1.54, 1.807) is 0 Å².